The van der Waals surface area contributed by atoms with Gasteiger partial charge in [0, 0.05) is 26.1 Å². The molecule has 1 aromatic carbocycles. The second-order valence-corrected chi connectivity index (χ2v) is 8.13. The minimum absolute atomic E-state index is 0.0298. The maximum Gasteiger partial charge on any atom is 0.242 e. The fourth-order valence-corrected chi connectivity index (χ4v) is 3.11. The Balaban J connectivity index is 2.13. The highest BCUT2D eigenvalue weighted by Crippen LogP contribution is 2.21. The van der Waals surface area contributed by atoms with Gasteiger partial charge in [0.2, 0.25) is 11.8 Å². The van der Waals surface area contributed by atoms with Crippen LogP contribution in [0.2, 0.25) is 0 Å². The van der Waals surface area contributed by atoms with Crippen molar-refractivity contribution in [3.63, 3.8) is 0 Å². The van der Waals surface area contributed by atoms with E-state index in [1.54, 1.807) is 38.2 Å². The molecular weight excluding hydrogens is 404 g/mol. The maximum atomic E-state index is 13.2. The molecule has 0 saturated carbocycles. The molecule has 164 valence electrons. The molecular formula is C23H31ClN2O4. The minimum Gasteiger partial charge on any atom is -0.467 e. The SMILES string of the molecule is COCCN(CC(=O)N(CCc1ccccc1)Cc1ccco1)C(=O)C(C)(C)CCl. The van der Waals surface area contributed by atoms with Crippen LogP contribution in [0.1, 0.15) is 25.2 Å². The highest BCUT2D eigenvalue weighted by Gasteiger charge is 2.33. The third-order valence-corrected chi connectivity index (χ3v) is 5.55. The van der Waals surface area contributed by atoms with Gasteiger partial charge in [-0.25, -0.2) is 0 Å². The van der Waals surface area contributed by atoms with Gasteiger partial charge >= 0.3 is 0 Å². The quantitative estimate of drug-likeness (QED) is 0.479. The summed E-state index contributed by atoms with van der Waals surface area (Å²) < 4.78 is 10.6. The van der Waals surface area contributed by atoms with Gasteiger partial charge in [-0.15, -0.1) is 11.6 Å². The van der Waals surface area contributed by atoms with Crippen LogP contribution in [0.25, 0.3) is 0 Å². The van der Waals surface area contributed by atoms with E-state index in [0.29, 0.717) is 38.4 Å². The fraction of sp³-hybridized carbons (Fsp3) is 0.478. The molecule has 0 spiro atoms. The molecule has 0 aliphatic rings. The van der Waals surface area contributed by atoms with Gasteiger partial charge < -0.3 is 19.0 Å². The number of amides is 2. The Morgan fingerprint density at radius 3 is 2.40 bits per heavy atom. The Kier molecular flexibility index (Phi) is 9.40. The standard InChI is InChI=1S/C23H31ClN2O4/c1-23(2,18-24)22(28)26(13-15-29-3)17-21(27)25(16-20-10-7-14-30-20)12-11-19-8-5-4-6-9-19/h4-10,14H,11-13,15-18H2,1-3H3. The van der Waals surface area contributed by atoms with Gasteiger partial charge in [-0.3, -0.25) is 9.59 Å². The number of hydrogen-bond acceptors (Lipinski definition) is 4. The van der Waals surface area contributed by atoms with Gasteiger partial charge in [-0.1, -0.05) is 30.3 Å². The smallest absolute Gasteiger partial charge is 0.242 e. The van der Waals surface area contributed by atoms with Gasteiger partial charge in [-0.05, 0) is 38.0 Å². The number of halogens is 1. The second kappa shape index (κ2) is 11.8. The van der Waals surface area contributed by atoms with Crippen molar-refractivity contribution in [1.82, 2.24) is 9.80 Å². The lowest BCUT2D eigenvalue weighted by atomic mass is 9.94. The monoisotopic (exact) mass is 434 g/mol. The number of hydrogen-bond donors (Lipinski definition) is 0. The number of carbonyl (C=O) groups excluding carboxylic acids is 2. The number of benzene rings is 1. The van der Waals surface area contributed by atoms with Crippen LogP contribution in [-0.2, 0) is 27.3 Å². The van der Waals surface area contributed by atoms with Crippen LogP contribution in [-0.4, -0.2) is 60.8 Å². The summed E-state index contributed by atoms with van der Waals surface area (Å²) in [4.78, 5) is 29.4. The van der Waals surface area contributed by atoms with Gasteiger partial charge in [0.1, 0.15) is 5.76 Å². The molecule has 6 nitrogen and oxygen atoms in total. The van der Waals surface area contributed by atoms with Crippen LogP contribution in [0.3, 0.4) is 0 Å². The molecule has 1 aromatic heterocycles. The summed E-state index contributed by atoms with van der Waals surface area (Å²) in [6.45, 7) is 5.08. The second-order valence-electron chi connectivity index (χ2n) is 7.87. The van der Waals surface area contributed by atoms with E-state index < -0.39 is 5.41 Å². The van der Waals surface area contributed by atoms with Crippen molar-refractivity contribution in [1.29, 1.82) is 0 Å². The zero-order valence-corrected chi connectivity index (χ0v) is 18.7. The van der Waals surface area contributed by atoms with Crippen LogP contribution < -0.4 is 0 Å². The predicted molar refractivity (Wildman–Crippen MR) is 117 cm³/mol. The minimum atomic E-state index is -0.758. The van der Waals surface area contributed by atoms with E-state index in [1.165, 1.54) is 4.90 Å². The molecule has 0 radical (unpaired) electrons. The van der Waals surface area contributed by atoms with E-state index in [2.05, 4.69) is 0 Å². The number of furan rings is 1. The Morgan fingerprint density at radius 2 is 1.80 bits per heavy atom. The zero-order valence-electron chi connectivity index (χ0n) is 18.0. The molecule has 0 unspecified atom stereocenters. The normalized spacial score (nSPS) is 11.3. The number of nitrogens with zero attached hydrogens (tertiary/aromatic N) is 2. The lowest BCUT2D eigenvalue weighted by Gasteiger charge is -2.32. The van der Waals surface area contributed by atoms with Crippen LogP contribution in [0.5, 0.6) is 0 Å². The molecule has 2 rings (SSSR count). The molecule has 7 heteroatoms. The summed E-state index contributed by atoms with van der Waals surface area (Å²) in [6.07, 6.45) is 2.30. The molecule has 0 saturated heterocycles. The summed E-state index contributed by atoms with van der Waals surface area (Å²) in [7, 11) is 1.57. The van der Waals surface area contributed by atoms with Gasteiger partial charge in [-0.2, -0.15) is 0 Å². The molecule has 30 heavy (non-hydrogen) atoms. The first-order valence-corrected chi connectivity index (χ1v) is 10.6. The molecule has 2 amide bonds. The number of ether oxygens (including phenoxy) is 1. The molecule has 0 aliphatic carbocycles. The number of methoxy groups -OCH3 is 1. The highest BCUT2D eigenvalue weighted by molar-refractivity contribution is 6.19. The van der Waals surface area contributed by atoms with Crippen molar-refractivity contribution in [2.24, 2.45) is 5.41 Å². The van der Waals surface area contributed by atoms with Crippen molar-refractivity contribution in [3.05, 3.63) is 60.1 Å². The first-order chi connectivity index (χ1) is 14.4. The van der Waals surface area contributed by atoms with Gasteiger partial charge in [0.05, 0.1) is 31.4 Å². The zero-order chi connectivity index (χ0) is 22.0. The molecule has 0 bridgehead atoms. The summed E-state index contributed by atoms with van der Waals surface area (Å²) >= 11 is 5.99. The molecule has 0 aliphatic heterocycles. The third-order valence-electron chi connectivity index (χ3n) is 4.88. The van der Waals surface area contributed by atoms with Crippen LogP contribution in [0.15, 0.2) is 53.1 Å². The van der Waals surface area contributed by atoms with Crippen LogP contribution in [0.4, 0.5) is 0 Å². The number of carbonyl (C=O) groups is 2. The molecule has 1 heterocycles. The van der Waals surface area contributed by atoms with E-state index in [4.69, 9.17) is 20.8 Å². The van der Waals surface area contributed by atoms with E-state index >= 15 is 0 Å². The lowest BCUT2D eigenvalue weighted by molar-refractivity contribution is -0.146. The van der Waals surface area contributed by atoms with E-state index in [9.17, 15) is 9.59 Å². The Labute approximate surface area is 183 Å². The lowest BCUT2D eigenvalue weighted by Crippen LogP contribution is -2.49. The molecule has 0 atom stereocenters. The summed E-state index contributed by atoms with van der Waals surface area (Å²) in [5.74, 6) is 0.571. The Bertz CT molecular complexity index is 778. The number of rotatable bonds is 12. The van der Waals surface area contributed by atoms with Crippen molar-refractivity contribution in [2.45, 2.75) is 26.8 Å². The molecule has 0 fully saturated rings. The van der Waals surface area contributed by atoms with E-state index in [-0.39, 0.29) is 24.2 Å². The van der Waals surface area contributed by atoms with E-state index in [1.807, 2.05) is 36.4 Å². The van der Waals surface area contributed by atoms with Crippen LogP contribution >= 0.6 is 11.6 Å². The largest absolute Gasteiger partial charge is 0.467 e. The summed E-state index contributed by atoms with van der Waals surface area (Å²) in [5, 5.41) is 0. The highest BCUT2D eigenvalue weighted by atomic mass is 35.5. The van der Waals surface area contributed by atoms with Gasteiger partial charge in [0.25, 0.3) is 0 Å². The summed E-state index contributed by atoms with van der Waals surface area (Å²) in [6, 6.07) is 13.6. The van der Waals surface area contributed by atoms with Crippen LogP contribution in [0, 0.1) is 5.41 Å². The van der Waals surface area contributed by atoms with Crippen molar-refractivity contribution in [3.8, 4) is 0 Å². The fourth-order valence-electron chi connectivity index (χ4n) is 2.99. The van der Waals surface area contributed by atoms with E-state index in [0.717, 1.165) is 5.56 Å². The topological polar surface area (TPSA) is 63.0 Å². The first-order valence-electron chi connectivity index (χ1n) is 10.1. The number of alkyl halides is 1. The predicted octanol–water partition coefficient (Wildman–Crippen LogP) is 3.59. The maximum absolute atomic E-state index is 13.2. The summed E-state index contributed by atoms with van der Waals surface area (Å²) in [5.41, 5.74) is 0.385. The molecule has 2 aromatic rings. The first kappa shape index (κ1) is 24.0. The van der Waals surface area contributed by atoms with Gasteiger partial charge in [0.15, 0.2) is 0 Å². The third kappa shape index (κ3) is 7.18. The van der Waals surface area contributed by atoms with Crippen molar-refractivity contribution in [2.75, 3.05) is 39.2 Å². The average molecular weight is 435 g/mol. The van der Waals surface area contributed by atoms with Crippen molar-refractivity contribution < 1.29 is 18.7 Å². The average Bonchev–Trinajstić information content (AvgIpc) is 3.27. The van der Waals surface area contributed by atoms with Crippen molar-refractivity contribution >= 4 is 23.4 Å². The molecule has 0 N–H and O–H groups in total. The Morgan fingerprint density at radius 1 is 1.07 bits per heavy atom. The Hall–Kier alpha value is -2.31.